The number of aromatic nitrogens is 1. The average Bonchev–Trinajstić information content (AvgIpc) is 2.85. The van der Waals surface area contributed by atoms with Crippen molar-refractivity contribution < 1.29 is 18.3 Å². The van der Waals surface area contributed by atoms with Crippen molar-refractivity contribution in [2.75, 3.05) is 19.7 Å². The van der Waals surface area contributed by atoms with Crippen LogP contribution in [0.3, 0.4) is 0 Å². The minimum absolute atomic E-state index is 0.147. The molecule has 2 aromatic carbocycles. The summed E-state index contributed by atoms with van der Waals surface area (Å²) in [5.74, 6) is 5.61. The minimum Gasteiger partial charge on any atom is -0.394 e. The second-order valence-corrected chi connectivity index (χ2v) is 10.8. The summed E-state index contributed by atoms with van der Waals surface area (Å²) >= 11 is 0. The van der Waals surface area contributed by atoms with E-state index in [0.717, 1.165) is 16.7 Å². The molecule has 1 amide bonds. The Bertz CT molecular complexity index is 1370. The summed E-state index contributed by atoms with van der Waals surface area (Å²) in [6, 6.07) is 19.7. The Morgan fingerprint density at radius 3 is 2.40 bits per heavy atom. The maximum Gasteiger partial charge on any atom is 0.238 e. The fraction of sp³-hybridized carbons (Fsp3) is 0.259. The molecule has 0 unspecified atom stereocenters. The molecule has 3 aromatic rings. The normalized spacial score (nSPS) is 22.0. The van der Waals surface area contributed by atoms with Crippen LogP contribution in [0.25, 0.3) is 0 Å². The van der Waals surface area contributed by atoms with Crippen molar-refractivity contribution in [2.24, 2.45) is 0 Å². The predicted molar refractivity (Wildman–Crippen MR) is 132 cm³/mol. The van der Waals surface area contributed by atoms with E-state index in [1.165, 1.54) is 4.31 Å². The van der Waals surface area contributed by atoms with Gasteiger partial charge in [0.2, 0.25) is 15.9 Å². The minimum atomic E-state index is -3.66. The maximum absolute atomic E-state index is 13.1. The lowest BCUT2D eigenvalue weighted by atomic mass is 9.74. The predicted octanol–water partition coefficient (Wildman–Crippen LogP) is 1.98. The molecule has 0 aliphatic carbocycles. The number of aliphatic hydroxyl groups is 1. The number of benzene rings is 2. The first-order chi connectivity index (χ1) is 17.0. The lowest BCUT2D eigenvalue weighted by Crippen LogP contribution is -2.73. The van der Waals surface area contributed by atoms with Crippen LogP contribution in [-0.2, 0) is 20.6 Å². The van der Waals surface area contributed by atoms with E-state index in [9.17, 15) is 18.3 Å². The average molecular weight is 488 g/mol. The number of hydrogen-bond donors (Lipinski definition) is 1. The Morgan fingerprint density at radius 1 is 0.971 bits per heavy atom. The van der Waals surface area contributed by atoms with Crippen LogP contribution in [0.1, 0.15) is 28.2 Å². The van der Waals surface area contributed by atoms with Crippen molar-refractivity contribution in [3.63, 3.8) is 0 Å². The van der Waals surface area contributed by atoms with Crippen LogP contribution in [0.5, 0.6) is 0 Å². The largest absolute Gasteiger partial charge is 0.394 e. The molecule has 178 valence electrons. The van der Waals surface area contributed by atoms with E-state index >= 15 is 0 Å². The van der Waals surface area contributed by atoms with E-state index in [4.69, 9.17) is 0 Å². The molecule has 0 radical (unpaired) electrons. The summed E-state index contributed by atoms with van der Waals surface area (Å²) in [6.45, 7) is -0.158. The molecule has 0 saturated carbocycles. The van der Waals surface area contributed by atoms with Gasteiger partial charge in [0.25, 0.3) is 0 Å². The first-order valence-electron chi connectivity index (χ1n) is 11.4. The highest BCUT2D eigenvalue weighted by molar-refractivity contribution is 7.88. The highest BCUT2D eigenvalue weighted by Crippen LogP contribution is 2.43. The van der Waals surface area contributed by atoms with Gasteiger partial charge >= 0.3 is 0 Å². The van der Waals surface area contributed by atoms with Crippen molar-refractivity contribution in [1.29, 1.82) is 0 Å². The van der Waals surface area contributed by atoms with Gasteiger partial charge < -0.3 is 10.0 Å². The molecule has 0 spiro atoms. The fourth-order valence-electron chi connectivity index (χ4n) is 4.93. The number of carbonyl (C=O) groups excluding carboxylic acids is 1. The Balaban J connectivity index is 1.34. The lowest BCUT2D eigenvalue weighted by molar-refractivity contribution is -0.158. The molecule has 2 saturated heterocycles. The van der Waals surface area contributed by atoms with Crippen molar-refractivity contribution in [3.8, 4) is 11.8 Å². The van der Waals surface area contributed by atoms with Gasteiger partial charge in [-0.05, 0) is 35.4 Å². The summed E-state index contributed by atoms with van der Waals surface area (Å²) in [5, 5.41) is 10.0. The van der Waals surface area contributed by atoms with E-state index in [0.29, 0.717) is 5.56 Å². The Labute approximate surface area is 205 Å². The van der Waals surface area contributed by atoms with Crippen molar-refractivity contribution in [3.05, 3.63) is 101 Å². The van der Waals surface area contributed by atoms with Crippen LogP contribution < -0.4 is 0 Å². The van der Waals surface area contributed by atoms with E-state index in [-0.39, 0.29) is 49.4 Å². The standard InChI is InChI=1S/C27H25N3O4S/c31-18-25-27(23-12-10-20(11-13-23)8-9-21-7-4-14-28-15-21)24-16-29(17-26(32)30(24)25)35(33,34)19-22-5-2-1-3-6-22/h1-7,10-15,24-25,27,31H,16-19H2/t24-,25+,27-/m0/s1. The quantitative estimate of drug-likeness (QED) is 0.556. The van der Waals surface area contributed by atoms with Gasteiger partial charge in [0.15, 0.2) is 0 Å². The van der Waals surface area contributed by atoms with Crippen LogP contribution in [0.2, 0.25) is 0 Å². The third-order valence-corrected chi connectivity index (χ3v) is 8.38. The first-order valence-corrected chi connectivity index (χ1v) is 13.0. The molecular formula is C27H25N3O4S. The molecule has 5 rings (SSSR count). The molecule has 2 aliphatic heterocycles. The maximum atomic E-state index is 13.1. The Morgan fingerprint density at radius 2 is 1.71 bits per heavy atom. The number of pyridine rings is 1. The van der Waals surface area contributed by atoms with Crippen LogP contribution in [-0.4, -0.2) is 65.4 Å². The van der Waals surface area contributed by atoms with Gasteiger partial charge in [0, 0.05) is 36.0 Å². The summed E-state index contributed by atoms with van der Waals surface area (Å²) in [5.41, 5.74) is 3.29. The number of nitrogens with zero attached hydrogens (tertiary/aromatic N) is 3. The lowest BCUT2D eigenvalue weighted by Gasteiger charge is -2.58. The summed E-state index contributed by atoms with van der Waals surface area (Å²) < 4.78 is 27.5. The fourth-order valence-corrected chi connectivity index (χ4v) is 6.41. The van der Waals surface area contributed by atoms with Crippen LogP contribution >= 0.6 is 0 Å². The van der Waals surface area contributed by atoms with Crippen LogP contribution in [0.4, 0.5) is 0 Å². The zero-order chi connectivity index (χ0) is 24.4. The van der Waals surface area contributed by atoms with Crippen molar-refractivity contribution >= 4 is 15.9 Å². The van der Waals surface area contributed by atoms with E-state index in [1.54, 1.807) is 41.6 Å². The molecule has 3 heterocycles. The summed E-state index contributed by atoms with van der Waals surface area (Å²) in [7, 11) is -3.66. The van der Waals surface area contributed by atoms with Crippen molar-refractivity contribution in [1.82, 2.24) is 14.2 Å². The van der Waals surface area contributed by atoms with E-state index in [1.807, 2.05) is 42.5 Å². The van der Waals surface area contributed by atoms with E-state index < -0.39 is 10.0 Å². The Kier molecular flexibility index (Phi) is 6.39. The second-order valence-electron chi connectivity index (χ2n) is 8.79. The SMILES string of the molecule is O=C1CN(S(=O)(=O)Cc2ccccc2)C[C@H]2[C@H](c3ccc(C#Cc4cccnc4)cc3)[C@@H](CO)N12. The number of fused-ring (bicyclic) bond motifs is 1. The summed E-state index contributed by atoms with van der Waals surface area (Å²) in [4.78, 5) is 18.6. The molecule has 8 heteroatoms. The van der Waals surface area contributed by atoms with E-state index in [2.05, 4.69) is 16.8 Å². The second kappa shape index (κ2) is 9.62. The third kappa shape index (κ3) is 4.71. The molecule has 7 nitrogen and oxygen atoms in total. The Hall–Kier alpha value is -3.51. The number of aliphatic hydroxyl groups excluding tert-OH is 1. The first kappa shape index (κ1) is 23.2. The van der Waals surface area contributed by atoms with Gasteiger partial charge in [-0.1, -0.05) is 54.3 Å². The van der Waals surface area contributed by atoms with Gasteiger partial charge in [-0.2, -0.15) is 4.31 Å². The molecule has 35 heavy (non-hydrogen) atoms. The van der Waals surface area contributed by atoms with Gasteiger partial charge in [-0.15, -0.1) is 0 Å². The number of hydrogen-bond acceptors (Lipinski definition) is 5. The zero-order valence-electron chi connectivity index (χ0n) is 19.0. The topological polar surface area (TPSA) is 90.8 Å². The number of amides is 1. The molecule has 0 bridgehead atoms. The molecule has 1 aromatic heterocycles. The number of piperazine rings is 1. The van der Waals surface area contributed by atoms with Gasteiger partial charge in [0.05, 0.1) is 31.0 Å². The highest BCUT2D eigenvalue weighted by atomic mass is 32.2. The third-order valence-electron chi connectivity index (χ3n) is 6.61. The highest BCUT2D eigenvalue weighted by Gasteiger charge is 2.55. The van der Waals surface area contributed by atoms with Gasteiger partial charge in [-0.3, -0.25) is 9.78 Å². The molecule has 2 fully saturated rings. The van der Waals surface area contributed by atoms with Gasteiger partial charge in [-0.25, -0.2) is 8.42 Å². The zero-order valence-corrected chi connectivity index (χ0v) is 19.8. The van der Waals surface area contributed by atoms with Crippen molar-refractivity contribution in [2.45, 2.75) is 23.8 Å². The van der Waals surface area contributed by atoms with Gasteiger partial charge in [0.1, 0.15) is 0 Å². The molecule has 2 aliphatic rings. The smallest absolute Gasteiger partial charge is 0.238 e. The van der Waals surface area contributed by atoms with Crippen LogP contribution in [0.15, 0.2) is 79.1 Å². The number of rotatable bonds is 5. The summed E-state index contributed by atoms with van der Waals surface area (Å²) in [6.07, 6.45) is 3.40. The number of carbonyl (C=O) groups is 1. The number of sulfonamides is 1. The molecular weight excluding hydrogens is 462 g/mol. The monoisotopic (exact) mass is 487 g/mol. The molecule has 3 atom stereocenters. The molecule has 1 N–H and O–H groups in total. The van der Waals surface area contributed by atoms with Crippen LogP contribution in [0, 0.1) is 11.8 Å².